The Morgan fingerprint density at radius 3 is 2.47 bits per heavy atom. The summed E-state index contributed by atoms with van der Waals surface area (Å²) in [5, 5.41) is 0.557. The van der Waals surface area contributed by atoms with Gasteiger partial charge in [0.1, 0.15) is 0 Å². The van der Waals surface area contributed by atoms with Gasteiger partial charge in [-0.25, -0.2) is 9.97 Å². The zero-order chi connectivity index (χ0) is 11.3. The Morgan fingerprint density at radius 1 is 1.40 bits per heavy atom. The van der Waals surface area contributed by atoms with Gasteiger partial charge in [0.05, 0.1) is 17.4 Å². The van der Waals surface area contributed by atoms with Crippen LogP contribution in [0, 0.1) is 0 Å². The van der Waals surface area contributed by atoms with Crippen LogP contribution in [0.15, 0.2) is 12.4 Å². The predicted octanol–water partition coefficient (Wildman–Crippen LogP) is 1.69. The van der Waals surface area contributed by atoms with Crippen LogP contribution in [0.5, 0.6) is 0 Å². The van der Waals surface area contributed by atoms with E-state index in [-0.39, 0.29) is 0 Å². The highest BCUT2D eigenvalue weighted by Gasteiger charge is 2.12. The lowest BCUT2D eigenvalue weighted by Crippen LogP contribution is -2.34. The zero-order valence-electron chi connectivity index (χ0n) is 9.15. The predicted molar refractivity (Wildman–Crippen MR) is 63.2 cm³/mol. The molecule has 0 radical (unpaired) electrons. The van der Waals surface area contributed by atoms with Gasteiger partial charge in [-0.05, 0) is 26.8 Å². The molecule has 0 aliphatic rings. The SMILES string of the molecule is CC(C)N(CCCN)c1ncc(Cl)cn1. The van der Waals surface area contributed by atoms with E-state index in [2.05, 4.69) is 28.7 Å². The van der Waals surface area contributed by atoms with Gasteiger partial charge in [0.25, 0.3) is 0 Å². The molecule has 0 fully saturated rings. The molecule has 0 amide bonds. The first-order valence-electron chi connectivity index (χ1n) is 5.09. The van der Waals surface area contributed by atoms with Crippen LogP contribution in [-0.2, 0) is 0 Å². The Hall–Kier alpha value is -0.870. The molecule has 0 unspecified atom stereocenters. The summed E-state index contributed by atoms with van der Waals surface area (Å²) in [6.45, 7) is 5.76. The van der Waals surface area contributed by atoms with Gasteiger partial charge in [-0.2, -0.15) is 0 Å². The molecular formula is C10H17ClN4. The quantitative estimate of drug-likeness (QED) is 0.834. The molecule has 0 spiro atoms. The topological polar surface area (TPSA) is 55.0 Å². The molecule has 0 aliphatic heterocycles. The average Bonchev–Trinajstić information content (AvgIpc) is 2.21. The van der Waals surface area contributed by atoms with Crippen LogP contribution in [0.2, 0.25) is 5.02 Å². The number of hydrogen-bond acceptors (Lipinski definition) is 4. The molecule has 0 saturated heterocycles. The Labute approximate surface area is 95.5 Å². The normalized spacial score (nSPS) is 10.7. The third-order valence-corrected chi connectivity index (χ3v) is 2.29. The maximum absolute atomic E-state index is 5.74. The van der Waals surface area contributed by atoms with Crippen molar-refractivity contribution in [2.24, 2.45) is 5.73 Å². The van der Waals surface area contributed by atoms with Crippen molar-refractivity contribution in [2.45, 2.75) is 26.3 Å². The third-order valence-electron chi connectivity index (χ3n) is 2.09. The van der Waals surface area contributed by atoms with E-state index in [1.807, 2.05) is 0 Å². The lowest BCUT2D eigenvalue weighted by molar-refractivity contribution is 0.639. The molecule has 2 N–H and O–H groups in total. The van der Waals surface area contributed by atoms with Gasteiger partial charge in [0.15, 0.2) is 0 Å². The molecule has 0 saturated carbocycles. The van der Waals surface area contributed by atoms with Gasteiger partial charge in [0, 0.05) is 12.6 Å². The van der Waals surface area contributed by atoms with Crippen molar-refractivity contribution in [1.29, 1.82) is 0 Å². The molecule has 1 heterocycles. The Kier molecular flexibility index (Phi) is 4.78. The van der Waals surface area contributed by atoms with Crippen molar-refractivity contribution >= 4 is 17.5 Å². The monoisotopic (exact) mass is 228 g/mol. The van der Waals surface area contributed by atoms with Gasteiger partial charge >= 0.3 is 0 Å². The zero-order valence-corrected chi connectivity index (χ0v) is 9.91. The summed E-state index contributed by atoms with van der Waals surface area (Å²) in [5.41, 5.74) is 5.49. The largest absolute Gasteiger partial charge is 0.338 e. The average molecular weight is 229 g/mol. The van der Waals surface area contributed by atoms with Crippen LogP contribution in [-0.4, -0.2) is 29.1 Å². The molecule has 0 bridgehead atoms. The summed E-state index contributed by atoms with van der Waals surface area (Å²) in [6.07, 6.45) is 4.16. The standard InChI is InChI=1S/C10H17ClN4/c1-8(2)15(5-3-4-12)10-13-6-9(11)7-14-10/h6-8H,3-5,12H2,1-2H3. The van der Waals surface area contributed by atoms with E-state index in [4.69, 9.17) is 17.3 Å². The second-order valence-electron chi connectivity index (χ2n) is 3.63. The van der Waals surface area contributed by atoms with Crippen molar-refractivity contribution in [1.82, 2.24) is 9.97 Å². The van der Waals surface area contributed by atoms with Crippen molar-refractivity contribution in [3.63, 3.8) is 0 Å². The van der Waals surface area contributed by atoms with Crippen LogP contribution in [0.1, 0.15) is 20.3 Å². The number of aromatic nitrogens is 2. The summed E-state index contributed by atoms with van der Waals surface area (Å²) in [4.78, 5) is 10.5. The van der Waals surface area contributed by atoms with E-state index in [9.17, 15) is 0 Å². The fraction of sp³-hybridized carbons (Fsp3) is 0.600. The first-order valence-corrected chi connectivity index (χ1v) is 5.47. The lowest BCUT2D eigenvalue weighted by atomic mass is 10.3. The summed E-state index contributed by atoms with van der Waals surface area (Å²) in [7, 11) is 0. The van der Waals surface area contributed by atoms with Crippen LogP contribution in [0.4, 0.5) is 5.95 Å². The molecule has 0 aromatic carbocycles. The van der Waals surface area contributed by atoms with E-state index in [1.165, 1.54) is 0 Å². The Bertz CT molecular complexity index is 286. The molecule has 1 aromatic rings. The molecular weight excluding hydrogens is 212 g/mol. The molecule has 5 heteroatoms. The first kappa shape index (κ1) is 12.2. The number of anilines is 1. The van der Waals surface area contributed by atoms with Crippen LogP contribution in [0.3, 0.4) is 0 Å². The maximum atomic E-state index is 5.74. The maximum Gasteiger partial charge on any atom is 0.225 e. The number of halogens is 1. The van der Waals surface area contributed by atoms with Crippen molar-refractivity contribution in [2.75, 3.05) is 18.0 Å². The van der Waals surface area contributed by atoms with E-state index < -0.39 is 0 Å². The molecule has 1 aromatic heterocycles. The molecule has 84 valence electrons. The van der Waals surface area contributed by atoms with E-state index in [0.29, 0.717) is 23.6 Å². The van der Waals surface area contributed by atoms with Gasteiger partial charge in [-0.15, -0.1) is 0 Å². The second-order valence-corrected chi connectivity index (χ2v) is 4.07. The molecule has 0 atom stereocenters. The smallest absolute Gasteiger partial charge is 0.225 e. The van der Waals surface area contributed by atoms with E-state index in [0.717, 1.165) is 13.0 Å². The van der Waals surface area contributed by atoms with Crippen molar-refractivity contribution < 1.29 is 0 Å². The highest BCUT2D eigenvalue weighted by molar-refractivity contribution is 6.30. The number of nitrogens with zero attached hydrogens (tertiary/aromatic N) is 3. The minimum atomic E-state index is 0.359. The molecule has 1 rings (SSSR count). The molecule has 4 nitrogen and oxygen atoms in total. The van der Waals surface area contributed by atoms with Crippen LogP contribution < -0.4 is 10.6 Å². The lowest BCUT2D eigenvalue weighted by Gasteiger charge is -2.26. The van der Waals surface area contributed by atoms with Gasteiger partial charge in [0.2, 0.25) is 5.95 Å². The first-order chi connectivity index (χ1) is 7.15. The number of rotatable bonds is 5. The summed E-state index contributed by atoms with van der Waals surface area (Å²) >= 11 is 5.74. The fourth-order valence-corrected chi connectivity index (χ4v) is 1.40. The van der Waals surface area contributed by atoms with Gasteiger partial charge in [-0.3, -0.25) is 0 Å². The van der Waals surface area contributed by atoms with Crippen LogP contribution >= 0.6 is 11.6 Å². The van der Waals surface area contributed by atoms with E-state index >= 15 is 0 Å². The number of hydrogen-bond donors (Lipinski definition) is 1. The summed E-state index contributed by atoms with van der Waals surface area (Å²) in [5.74, 6) is 0.711. The highest BCUT2D eigenvalue weighted by Crippen LogP contribution is 2.13. The minimum Gasteiger partial charge on any atom is -0.338 e. The number of nitrogens with two attached hydrogens (primary N) is 1. The molecule has 0 aliphatic carbocycles. The second kappa shape index (κ2) is 5.88. The van der Waals surface area contributed by atoms with Crippen molar-refractivity contribution in [3.8, 4) is 0 Å². The van der Waals surface area contributed by atoms with E-state index in [1.54, 1.807) is 12.4 Å². The molecule has 15 heavy (non-hydrogen) atoms. The summed E-state index contributed by atoms with van der Waals surface area (Å²) in [6, 6.07) is 0.359. The third kappa shape index (κ3) is 3.64. The Balaban J connectivity index is 2.74. The van der Waals surface area contributed by atoms with Gasteiger partial charge < -0.3 is 10.6 Å². The van der Waals surface area contributed by atoms with Gasteiger partial charge in [-0.1, -0.05) is 11.6 Å². The Morgan fingerprint density at radius 2 is 2.00 bits per heavy atom. The van der Waals surface area contributed by atoms with Crippen molar-refractivity contribution in [3.05, 3.63) is 17.4 Å². The minimum absolute atomic E-state index is 0.359. The fourth-order valence-electron chi connectivity index (χ4n) is 1.30. The summed E-state index contributed by atoms with van der Waals surface area (Å²) < 4.78 is 0. The van der Waals surface area contributed by atoms with Crippen LogP contribution in [0.25, 0.3) is 0 Å². The highest BCUT2D eigenvalue weighted by atomic mass is 35.5.